The fourth-order valence-electron chi connectivity index (χ4n) is 1.40. The zero-order valence-electron chi connectivity index (χ0n) is 10.00. The van der Waals surface area contributed by atoms with E-state index in [0.717, 1.165) is 20.1 Å². The molecule has 5 heteroatoms. The van der Waals surface area contributed by atoms with Gasteiger partial charge >= 0.3 is 5.97 Å². The summed E-state index contributed by atoms with van der Waals surface area (Å²) in [5.41, 5.74) is 2.22. The number of hydrogen-bond donors (Lipinski definition) is 1. The van der Waals surface area contributed by atoms with Crippen molar-refractivity contribution in [1.29, 1.82) is 0 Å². The van der Waals surface area contributed by atoms with Crippen LogP contribution in [0.4, 0.5) is 0 Å². The highest BCUT2D eigenvalue weighted by Crippen LogP contribution is 2.27. The van der Waals surface area contributed by atoms with Gasteiger partial charge in [-0.15, -0.1) is 0 Å². The molecule has 0 bridgehead atoms. The number of rotatable bonds is 4. The molecular formula is C12H15Br2NO2. The molecule has 0 aromatic heterocycles. The Bertz CT molecular complexity index is 412. The summed E-state index contributed by atoms with van der Waals surface area (Å²) in [6.45, 7) is 4.30. The lowest BCUT2D eigenvalue weighted by molar-refractivity contribution is -0.142. The molecule has 0 fully saturated rings. The largest absolute Gasteiger partial charge is 0.480 e. The van der Waals surface area contributed by atoms with Gasteiger partial charge < -0.3 is 5.11 Å². The third-order valence-corrected chi connectivity index (χ3v) is 4.44. The summed E-state index contributed by atoms with van der Waals surface area (Å²) in [7, 11) is 1.81. The molecule has 3 nitrogen and oxygen atoms in total. The molecule has 1 rings (SSSR count). The van der Waals surface area contributed by atoms with Crippen molar-refractivity contribution in [3.63, 3.8) is 0 Å². The van der Waals surface area contributed by atoms with Crippen LogP contribution in [-0.2, 0) is 11.3 Å². The van der Waals surface area contributed by atoms with E-state index < -0.39 is 12.0 Å². The first-order valence-corrected chi connectivity index (χ1v) is 6.79. The van der Waals surface area contributed by atoms with Crippen molar-refractivity contribution in [2.75, 3.05) is 7.05 Å². The van der Waals surface area contributed by atoms with Crippen LogP contribution in [0.3, 0.4) is 0 Å². The van der Waals surface area contributed by atoms with Gasteiger partial charge in [0.15, 0.2) is 0 Å². The maximum absolute atomic E-state index is 10.9. The van der Waals surface area contributed by atoms with Crippen LogP contribution in [0.15, 0.2) is 21.1 Å². The lowest BCUT2D eigenvalue weighted by Gasteiger charge is -2.21. The van der Waals surface area contributed by atoms with Gasteiger partial charge in [-0.3, -0.25) is 9.69 Å². The van der Waals surface area contributed by atoms with Gasteiger partial charge in [-0.2, -0.15) is 0 Å². The quantitative estimate of drug-likeness (QED) is 0.889. The summed E-state index contributed by atoms with van der Waals surface area (Å²) in [5, 5.41) is 8.92. The SMILES string of the molecule is Cc1c(Br)cc(CN(C)C(C)C(=O)O)cc1Br. The van der Waals surface area contributed by atoms with E-state index >= 15 is 0 Å². The van der Waals surface area contributed by atoms with E-state index in [1.807, 2.05) is 19.1 Å². The molecule has 0 heterocycles. The molecule has 0 radical (unpaired) electrons. The van der Waals surface area contributed by atoms with Gasteiger partial charge in [0.05, 0.1) is 0 Å². The lowest BCUT2D eigenvalue weighted by Crippen LogP contribution is -2.35. The number of likely N-dealkylation sites (N-methyl/N-ethyl adjacent to an activating group) is 1. The van der Waals surface area contributed by atoms with Crippen molar-refractivity contribution in [2.45, 2.75) is 26.4 Å². The molecule has 1 aromatic carbocycles. The Labute approximate surface area is 118 Å². The van der Waals surface area contributed by atoms with Crippen LogP contribution in [0.25, 0.3) is 0 Å². The first-order valence-electron chi connectivity index (χ1n) is 5.20. The Hall–Kier alpha value is -0.390. The molecule has 17 heavy (non-hydrogen) atoms. The maximum atomic E-state index is 10.9. The Kier molecular flexibility index (Phi) is 5.16. The van der Waals surface area contributed by atoms with Crippen LogP contribution < -0.4 is 0 Å². The number of aliphatic carboxylic acids is 1. The molecule has 1 N–H and O–H groups in total. The van der Waals surface area contributed by atoms with Gasteiger partial charge in [0.2, 0.25) is 0 Å². The number of carboxylic acids is 1. The Morgan fingerprint density at radius 3 is 2.29 bits per heavy atom. The molecular weight excluding hydrogens is 350 g/mol. The van der Waals surface area contributed by atoms with Gasteiger partial charge in [0, 0.05) is 15.5 Å². The van der Waals surface area contributed by atoms with Gasteiger partial charge in [-0.05, 0) is 44.2 Å². The van der Waals surface area contributed by atoms with Gasteiger partial charge in [0.1, 0.15) is 6.04 Å². The number of halogens is 2. The minimum absolute atomic E-state index is 0.492. The molecule has 0 saturated carbocycles. The molecule has 0 spiro atoms. The molecule has 0 aliphatic rings. The van der Waals surface area contributed by atoms with Crippen molar-refractivity contribution < 1.29 is 9.90 Å². The molecule has 1 unspecified atom stereocenters. The van der Waals surface area contributed by atoms with E-state index in [1.165, 1.54) is 0 Å². The molecule has 1 aromatic rings. The highest BCUT2D eigenvalue weighted by Gasteiger charge is 2.17. The summed E-state index contributed by atoms with van der Waals surface area (Å²) < 4.78 is 2.05. The van der Waals surface area contributed by atoms with Crippen LogP contribution in [0, 0.1) is 6.92 Å². The van der Waals surface area contributed by atoms with Crippen LogP contribution >= 0.6 is 31.9 Å². The summed E-state index contributed by atoms with van der Waals surface area (Å²) in [4.78, 5) is 12.7. The van der Waals surface area contributed by atoms with E-state index in [4.69, 9.17) is 5.11 Å². The third-order valence-electron chi connectivity index (χ3n) is 2.79. The van der Waals surface area contributed by atoms with Crippen molar-refractivity contribution in [3.05, 3.63) is 32.2 Å². The van der Waals surface area contributed by atoms with E-state index in [9.17, 15) is 4.79 Å². The molecule has 0 amide bonds. The van der Waals surface area contributed by atoms with E-state index in [2.05, 4.69) is 31.9 Å². The first kappa shape index (κ1) is 14.7. The predicted molar refractivity (Wildman–Crippen MR) is 75.1 cm³/mol. The summed E-state index contributed by atoms with van der Waals surface area (Å²) in [5.74, 6) is -0.808. The van der Waals surface area contributed by atoms with Crippen LogP contribution in [-0.4, -0.2) is 29.1 Å². The van der Waals surface area contributed by atoms with Gasteiger partial charge in [-0.25, -0.2) is 0 Å². The second-order valence-electron chi connectivity index (χ2n) is 4.11. The molecule has 0 aliphatic heterocycles. The third kappa shape index (κ3) is 3.79. The molecule has 94 valence electrons. The fourth-order valence-corrected chi connectivity index (χ4v) is 2.68. The summed E-state index contributed by atoms with van der Waals surface area (Å²) in [6, 6.07) is 3.55. The van der Waals surface area contributed by atoms with E-state index in [1.54, 1.807) is 18.9 Å². The monoisotopic (exact) mass is 363 g/mol. The minimum atomic E-state index is -0.808. The molecule has 1 atom stereocenters. The normalized spacial score (nSPS) is 12.8. The number of carbonyl (C=O) groups is 1. The highest BCUT2D eigenvalue weighted by molar-refractivity contribution is 9.11. The fraction of sp³-hybridized carbons (Fsp3) is 0.417. The average molecular weight is 365 g/mol. The van der Waals surface area contributed by atoms with Crippen LogP contribution in [0.1, 0.15) is 18.1 Å². The zero-order valence-corrected chi connectivity index (χ0v) is 13.2. The molecule has 0 aliphatic carbocycles. The number of benzene rings is 1. The second-order valence-corrected chi connectivity index (χ2v) is 5.82. The topological polar surface area (TPSA) is 40.5 Å². The Morgan fingerprint density at radius 1 is 1.41 bits per heavy atom. The Morgan fingerprint density at radius 2 is 1.88 bits per heavy atom. The predicted octanol–water partition coefficient (Wildman–Crippen LogP) is 3.42. The second kappa shape index (κ2) is 5.98. The van der Waals surface area contributed by atoms with Crippen molar-refractivity contribution >= 4 is 37.8 Å². The average Bonchev–Trinajstić information content (AvgIpc) is 2.24. The van der Waals surface area contributed by atoms with Crippen molar-refractivity contribution in [3.8, 4) is 0 Å². The highest BCUT2D eigenvalue weighted by atomic mass is 79.9. The number of carboxylic acid groups (broad SMARTS) is 1. The van der Waals surface area contributed by atoms with Crippen molar-refractivity contribution in [2.24, 2.45) is 0 Å². The zero-order chi connectivity index (χ0) is 13.2. The first-order chi connectivity index (χ1) is 7.82. The molecule has 0 saturated heterocycles. The number of hydrogen-bond acceptors (Lipinski definition) is 2. The number of nitrogens with zero attached hydrogens (tertiary/aromatic N) is 1. The van der Waals surface area contributed by atoms with E-state index in [0.29, 0.717) is 6.54 Å². The van der Waals surface area contributed by atoms with Crippen LogP contribution in [0.5, 0.6) is 0 Å². The van der Waals surface area contributed by atoms with Gasteiger partial charge in [0.25, 0.3) is 0 Å². The van der Waals surface area contributed by atoms with E-state index in [-0.39, 0.29) is 0 Å². The minimum Gasteiger partial charge on any atom is -0.480 e. The lowest BCUT2D eigenvalue weighted by atomic mass is 10.1. The van der Waals surface area contributed by atoms with Crippen LogP contribution in [0.2, 0.25) is 0 Å². The Balaban J connectivity index is 2.86. The smallest absolute Gasteiger partial charge is 0.320 e. The summed E-state index contributed by atoms with van der Waals surface area (Å²) in [6.07, 6.45) is 0. The van der Waals surface area contributed by atoms with Gasteiger partial charge in [-0.1, -0.05) is 31.9 Å². The standard InChI is InChI=1S/C12H15Br2NO2/c1-7-10(13)4-9(5-11(7)14)6-15(3)8(2)12(16)17/h4-5,8H,6H2,1-3H3,(H,16,17). The van der Waals surface area contributed by atoms with Crippen molar-refractivity contribution in [1.82, 2.24) is 4.90 Å². The summed E-state index contributed by atoms with van der Waals surface area (Å²) >= 11 is 6.98. The maximum Gasteiger partial charge on any atom is 0.320 e.